The molecule has 0 bridgehead atoms. The maximum atomic E-state index is 11.7. The second-order valence-electron chi connectivity index (χ2n) is 5.86. The zero-order chi connectivity index (χ0) is 16.1. The first-order valence-corrected chi connectivity index (χ1v) is 7.90. The average Bonchev–Trinajstić information content (AvgIpc) is 3.20. The Bertz CT molecular complexity index is 642. The van der Waals surface area contributed by atoms with E-state index in [1.54, 1.807) is 0 Å². The van der Waals surface area contributed by atoms with E-state index in [0.29, 0.717) is 18.4 Å². The van der Waals surface area contributed by atoms with Gasteiger partial charge in [-0.05, 0) is 36.9 Å². The van der Waals surface area contributed by atoms with Crippen molar-refractivity contribution in [2.45, 2.75) is 19.3 Å². The molecule has 1 saturated heterocycles. The van der Waals surface area contributed by atoms with Crippen LogP contribution in [0.3, 0.4) is 0 Å². The predicted octanol–water partition coefficient (Wildman–Crippen LogP) is 1.72. The molecule has 1 atom stereocenters. The summed E-state index contributed by atoms with van der Waals surface area (Å²) in [6.07, 6.45) is 2.53. The third kappa shape index (κ3) is 4.07. The molecule has 3 rings (SSSR count). The Morgan fingerprint density at radius 1 is 1.43 bits per heavy atom. The molecule has 2 aromatic rings. The first-order chi connectivity index (χ1) is 11.2. The van der Waals surface area contributed by atoms with Gasteiger partial charge < -0.3 is 10.2 Å². The van der Waals surface area contributed by atoms with Gasteiger partial charge in [-0.15, -0.1) is 0 Å². The first kappa shape index (κ1) is 15.5. The van der Waals surface area contributed by atoms with Gasteiger partial charge in [-0.25, -0.2) is 9.89 Å². The highest BCUT2D eigenvalue weighted by Crippen LogP contribution is 2.28. The van der Waals surface area contributed by atoms with Crippen molar-refractivity contribution >= 4 is 12.0 Å². The van der Waals surface area contributed by atoms with Crippen molar-refractivity contribution in [3.63, 3.8) is 0 Å². The Morgan fingerprint density at radius 3 is 3.09 bits per heavy atom. The summed E-state index contributed by atoms with van der Waals surface area (Å²) >= 11 is 0. The first-order valence-electron chi connectivity index (χ1n) is 7.90. The zero-order valence-corrected chi connectivity index (χ0v) is 13.2. The molecular formula is C16H22N6O. The van der Waals surface area contributed by atoms with Gasteiger partial charge in [-0.2, -0.15) is 10.1 Å². The molecule has 3 N–H and O–H groups in total. The van der Waals surface area contributed by atoms with E-state index in [9.17, 15) is 4.79 Å². The van der Waals surface area contributed by atoms with E-state index >= 15 is 0 Å². The normalized spacial score (nSPS) is 18.0. The summed E-state index contributed by atoms with van der Waals surface area (Å²) in [6.45, 7) is 5.76. The molecular weight excluding hydrogens is 292 g/mol. The molecule has 0 spiro atoms. The number of likely N-dealkylation sites (tertiary alicyclic amines) is 1. The van der Waals surface area contributed by atoms with Crippen molar-refractivity contribution < 1.29 is 4.79 Å². The Kier molecular flexibility index (Phi) is 4.87. The van der Waals surface area contributed by atoms with E-state index in [2.05, 4.69) is 61.9 Å². The lowest BCUT2D eigenvalue weighted by Crippen LogP contribution is -2.36. The van der Waals surface area contributed by atoms with Gasteiger partial charge in [0.15, 0.2) is 0 Å². The topological polar surface area (TPSA) is 85.9 Å². The van der Waals surface area contributed by atoms with E-state index in [-0.39, 0.29) is 6.03 Å². The number of aryl methyl sites for hydroxylation is 1. The van der Waals surface area contributed by atoms with Crippen molar-refractivity contribution in [3.8, 4) is 0 Å². The fourth-order valence-corrected chi connectivity index (χ4v) is 3.08. The SMILES string of the molecule is Cc1ccccc1C1CCN(CCNC(=O)Nc2ncn[nH]2)C1. The van der Waals surface area contributed by atoms with Crippen LogP contribution in [0, 0.1) is 6.92 Å². The van der Waals surface area contributed by atoms with Crippen LogP contribution in [-0.2, 0) is 0 Å². The maximum Gasteiger partial charge on any atom is 0.321 e. The quantitative estimate of drug-likeness (QED) is 0.784. The highest BCUT2D eigenvalue weighted by Gasteiger charge is 2.24. The third-order valence-corrected chi connectivity index (χ3v) is 4.26. The number of nitrogens with one attached hydrogen (secondary N) is 3. The third-order valence-electron chi connectivity index (χ3n) is 4.26. The second kappa shape index (κ2) is 7.23. The molecule has 122 valence electrons. The van der Waals surface area contributed by atoms with E-state index in [4.69, 9.17) is 0 Å². The minimum Gasteiger partial charge on any atom is -0.337 e. The van der Waals surface area contributed by atoms with Crippen LogP contribution in [-0.4, -0.2) is 52.3 Å². The van der Waals surface area contributed by atoms with E-state index in [0.717, 1.165) is 19.6 Å². The van der Waals surface area contributed by atoms with Gasteiger partial charge in [-0.1, -0.05) is 24.3 Å². The summed E-state index contributed by atoms with van der Waals surface area (Å²) in [5, 5.41) is 11.7. The molecule has 1 aromatic heterocycles. The summed E-state index contributed by atoms with van der Waals surface area (Å²) < 4.78 is 0. The van der Waals surface area contributed by atoms with Crippen LogP contribution in [0.1, 0.15) is 23.5 Å². The number of nitrogens with zero attached hydrogens (tertiary/aromatic N) is 3. The largest absolute Gasteiger partial charge is 0.337 e. The number of carbonyl (C=O) groups excluding carboxylic acids is 1. The van der Waals surface area contributed by atoms with Crippen molar-refractivity contribution in [3.05, 3.63) is 41.7 Å². The van der Waals surface area contributed by atoms with Crippen LogP contribution in [0.15, 0.2) is 30.6 Å². The molecule has 0 saturated carbocycles. The second-order valence-corrected chi connectivity index (χ2v) is 5.86. The summed E-state index contributed by atoms with van der Waals surface area (Å²) in [5.41, 5.74) is 2.81. The number of benzene rings is 1. The van der Waals surface area contributed by atoms with Crippen molar-refractivity contribution in [2.24, 2.45) is 0 Å². The lowest BCUT2D eigenvalue weighted by molar-refractivity contribution is 0.249. The van der Waals surface area contributed by atoms with Gasteiger partial charge in [0, 0.05) is 19.6 Å². The Balaban J connectivity index is 1.40. The number of aromatic nitrogens is 3. The van der Waals surface area contributed by atoms with Gasteiger partial charge in [0.1, 0.15) is 6.33 Å². The monoisotopic (exact) mass is 314 g/mol. The van der Waals surface area contributed by atoms with E-state index in [1.807, 2.05) is 0 Å². The molecule has 0 aliphatic carbocycles. The van der Waals surface area contributed by atoms with Gasteiger partial charge in [0.25, 0.3) is 0 Å². The van der Waals surface area contributed by atoms with Gasteiger partial charge in [-0.3, -0.25) is 5.32 Å². The molecule has 2 heterocycles. The molecule has 7 heteroatoms. The number of aromatic amines is 1. The van der Waals surface area contributed by atoms with Gasteiger partial charge in [0.2, 0.25) is 5.95 Å². The van der Waals surface area contributed by atoms with E-state index < -0.39 is 0 Å². The molecule has 1 fully saturated rings. The van der Waals surface area contributed by atoms with Crippen LogP contribution >= 0.6 is 0 Å². The molecule has 7 nitrogen and oxygen atoms in total. The number of hydrogen-bond acceptors (Lipinski definition) is 4. The van der Waals surface area contributed by atoms with Crippen LogP contribution in [0.25, 0.3) is 0 Å². The number of hydrogen-bond donors (Lipinski definition) is 3. The van der Waals surface area contributed by atoms with Crippen molar-refractivity contribution in [1.82, 2.24) is 25.4 Å². The number of anilines is 1. The summed E-state index contributed by atoms with van der Waals surface area (Å²) in [7, 11) is 0. The Labute approximate surface area is 135 Å². The lowest BCUT2D eigenvalue weighted by Gasteiger charge is -2.17. The van der Waals surface area contributed by atoms with Crippen molar-refractivity contribution in [1.29, 1.82) is 0 Å². The molecule has 1 unspecified atom stereocenters. The number of H-pyrrole nitrogens is 1. The molecule has 0 radical (unpaired) electrons. The fourth-order valence-electron chi connectivity index (χ4n) is 3.08. The highest BCUT2D eigenvalue weighted by molar-refractivity contribution is 5.87. The zero-order valence-electron chi connectivity index (χ0n) is 13.2. The number of carbonyl (C=O) groups is 1. The molecule has 1 aliphatic heterocycles. The van der Waals surface area contributed by atoms with Crippen LogP contribution in [0.2, 0.25) is 0 Å². The fraction of sp³-hybridized carbons (Fsp3) is 0.438. The average molecular weight is 314 g/mol. The maximum absolute atomic E-state index is 11.7. The van der Waals surface area contributed by atoms with Crippen molar-refractivity contribution in [2.75, 3.05) is 31.5 Å². The Morgan fingerprint density at radius 2 is 2.30 bits per heavy atom. The summed E-state index contributed by atoms with van der Waals surface area (Å²) in [5.74, 6) is 0.947. The molecule has 1 aromatic carbocycles. The lowest BCUT2D eigenvalue weighted by atomic mass is 9.94. The molecule has 23 heavy (non-hydrogen) atoms. The van der Waals surface area contributed by atoms with Crippen LogP contribution < -0.4 is 10.6 Å². The van der Waals surface area contributed by atoms with Gasteiger partial charge in [0.05, 0.1) is 0 Å². The summed E-state index contributed by atoms with van der Waals surface area (Å²) in [4.78, 5) is 17.9. The van der Waals surface area contributed by atoms with E-state index in [1.165, 1.54) is 23.9 Å². The number of rotatable bonds is 5. The smallest absolute Gasteiger partial charge is 0.321 e. The highest BCUT2D eigenvalue weighted by atomic mass is 16.2. The minimum atomic E-state index is -0.267. The Hall–Kier alpha value is -2.41. The molecule has 2 amide bonds. The molecule has 1 aliphatic rings. The van der Waals surface area contributed by atoms with Crippen LogP contribution in [0.4, 0.5) is 10.7 Å². The minimum absolute atomic E-state index is 0.267. The standard InChI is InChI=1S/C16H22N6O/c1-12-4-2-3-5-14(12)13-6-8-22(10-13)9-7-17-16(23)20-15-18-11-19-21-15/h2-5,11,13H,6-10H2,1H3,(H3,17,18,19,20,21,23). The summed E-state index contributed by atoms with van der Waals surface area (Å²) in [6, 6.07) is 8.33. The van der Waals surface area contributed by atoms with Gasteiger partial charge >= 0.3 is 6.03 Å². The van der Waals surface area contributed by atoms with Crippen LogP contribution in [0.5, 0.6) is 0 Å². The number of urea groups is 1. The predicted molar refractivity (Wildman–Crippen MR) is 88.4 cm³/mol. The number of amides is 2.